The van der Waals surface area contributed by atoms with Crippen molar-refractivity contribution < 1.29 is 0 Å². The molecule has 0 amide bonds. The standard InChI is InChI=1S/C36H52ClN3/c1-10-15-28(5)35(21-20-32(12-3)23-29(6)33-19-14-22-39(9)26-33)31(8)27(4)17-13-18-30(7)40-36(16-11-2)34(24-37)25-38-40/h12-13,17-19,23,25H,4,8,10-11,14-16,20-22,24,26H2,1-3,5-7,9H3/b17-13-,29-23-,30-18+,32-12-,35-28-. The molecule has 0 aromatic carbocycles. The third kappa shape index (κ3) is 9.78. The van der Waals surface area contributed by atoms with Crippen molar-refractivity contribution in [1.82, 2.24) is 14.7 Å². The van der Waals surface area contributed by atoms with Crippen LogP contribution in [-0.4, -0.2) is 34.8 Å². The van der Waals surface area contributed by atoms with E-state index >= 15 is 0 Å². The largest absolute Gasteiger partial charge is 0.302 e. The highest BCUT2D eigenvalue weighted by Crippen LogP contribution is 2.30. The minimum absolute atomic E-state index is 0.487. The predicted molar refractivity (Wildman–Crippen MR) is 178 cm³/mol. The Morgan fingerprint density at radius 1 is 1.10 bits per heavy atom. The molecule has 0 fully saturated rings. The Hall–Kier alpha value is -2.62. The zero-order valence-corrected chi connectivity index (χ0v) is 27.0. The van der Waals surface area contributed by atoms with E-state index in [9.17, 15) is 0 Å². The summed E-state index contributed by atoms with van der Waals surface area (Å²) in [5.74, 6) is 0.487. The lowest BCUT2D eigenvalue weighted by atomic mass is 9.89. The molecule has 0 saturated carbocycles. The maximum absolute atomic E-state index is 6.14. The van der Waals surface area contributed by atoms with Gasteiger partial charge in [-0.1, -0.05) is 81.4 Å². The van der Waals surface area contributed by atoms with Crippen molar-refractivity contribution in [1.29, 1.82) is 0 Å². The summed E-state index contributed by atoms with van der Waals surface area (Å²) in [6, 6.07) is 0. The fourth-order valence-electron chi connectivity index (χ4n) is 5.26. The first-order chi connectivity index (χ1) is 19.2. The van der Waals surface area contributed by atoms with Gasteiger partial charge in [-0.3, -0.25) is 0 Å². The lowest BCUT2D eigenvalue weighted by Crippen LogP contribution is -2.25. The monoisotopic (exact) mass is 561 g/mol. The first-order valence-corrected chi connectivity index (χ1v) is 15.5. The van der Waals surface area contributed by atoms with Gasteiger partial charge in [-0.25, -0.2) is 4.68 Å². The molecule has 1 aliphatic rings. The van der Waals surface area contributed by atoms with E-state index in [-0.39, 0.29) is 0 Å². The Morgan fingerprint density at radius 3 is 2.48 bits per heavy atom. The number of allylic oxidation sites excluding steroid dienone is 11. The minimum atomic E-state index is 0.487. The maximum atomic E-state index is 6.14. The lowest BCUT2D eigenvalue weighted by molar-refractivity contribution is 0.357. The zero-order valence-electron chi connectivity index (χ0n) is 26.2. The average Bonchev–Trinajstić information content (AvgIpc) is 3.35. The Labute approximate surface area is 250 Å². The van der Waals surface area contributed by atoms with Crippen LogP contribution in [0.25, 0.3) is 5.70 Å². The molecule has 1 aromatic rings. The number of halogens is 1. The summed E-state index contributed by atoms with van der Waals surface area (Å²) in [6.45, 7) is 24.2. The number of hydrogen-bond donors (Lipinski definition) is 0. The molecule has 0 atom stereocenters. The molecule has 218 valence electrons. The normalized spacial score (nSPS) is 16.4. The van der Waals surface area contributed by atoms with Crippen LogP contribution in [0.5, 0.6) is 0 Å². The van der Waals surface area contributed by atoms with Gasteiger partial charge in [-0.15, -0.1) is 11.6 Å². The summed E-state index contributed by atoms with van der Waals surface area (Å²) >= 11 is 6.14. The highest BCUT2D eigenvalue weighted by molar-refractivity contribution is 6.17. The van der Waals surface area contributed by atoms with E-state index in [0.717, 1.165) is 80.4 Å². The van der Waals surface area contributed by atoms with E-state index in [2.05, 4.69) is 108 Å². The van der Waals surface area contributed by atoms with Crippen molar-refractivity contribution in [3.63, 3.8) is 0 Å². The number of aromatic nitrogens is 2. The predicted octanol–water partition coefficient (Wildman–Crippen LogP) is 10.2. The van der Waals surface area contributed by atoms with Crippen molar-refractivity contribution in [2.45, 2.75) is 92.4 Å². The molecule has 0 N–H and O–H groups in total. The van der Waals surface area contributed by atoms with Gasteiger partial charge in [0.1, 0.15) is 0 Å². The van der Waals surface area contributed by atoms with E-state index in [1.54, 1.807) is 0 Å². The molecule has 2 rings (SSSR count). The van der Waals surface area contributed by atoms with Crippen LogP contribution in [0.3, 0.4) is 0 Å². The highest BCUT2D eigenvalue weighted by Gasteiger charge is 2.13. The highest BCUT2D eigenvalue weighted by atomic mass is 35.5. The molecular formula is C36H52ClN3. The number of alkyl halides is 1. The van der Waals surface area contributed by atoms with Crippen molar-refractivity contribution in [3.8, 4) is 0 Å². The first-order valence-electron chi connectivity index (χ1n) is 14.9. The van der Waals surface area contributed by atoms with Crippen molar-refractivity contribution in [3.05, 3.63) is 106 Å². The summed E-state index contributed by atoms with van der Waals surface area (Å²) in [4.78, 5) is 2.40. The van der Waals surface area contributed by atoms with Crippen LogP contribution < -0.4 is 0 Å². The first kappa shape index (κ1) is 33.6. The number of rotatable bonds is 15. The Balaban J connectivity index is 2.17. The fraction of sp³-hybridized carbons (Fsp3) is 0.472. The lowest BCUT2D eigenvalue weighted by Gasteiger charge is -2.23. The van der Waals surface area contributed by atoms with Gasteiger partial charge in [0.25, 0.3) is 0 Å². The number of nitrogens with zero attached hydrogens (tertiary/aromatic N) is 3. The second kappa shape index (κ2) is 17.3. The Bertz CT molecular complexity index is 1210. The van der Waals surface area contributed by atoms with E-state index in [1.807, 2.05) is 10.9 Å². The van der Waals surface area contributed by atoms with Crippen LogP contribution in [0, 0.1) is 0 Å². The van der Waals surface area contributed by atoms with Crippen LogP contribution >= 0.6 is 11.6 Å². The number of hydrogen-bond acceptors (Lipinski definition) is 2. The summed E-state index contributed by atoms with van der Waals surface area (Å²) < 4.78 is 2.01. The van der Waals surface area contributed by atoms with Crippen LogP contribution in [-0.2, 0) is 12.3 Å². The Morgan fingerprint density at radius 2 is 1.85 bits per heavy atom. The fourth-order valence-corrected chi connectivity index (χ4v) is 5.49. The maximum Gasteiger partial charge on any atom is 0.0541 e. The molecule has 0 unspecified atom stereocenters. The zero-order chi connectivity index (χ0) is 29.7. The van der Waals surface area contributed by atoms with Gasteiger partial charge in [0.15, 0.2) is 0 Å². The van der Waals surface area contributed by atoms with E-state index in [4.69, 9.17) is 11.6 Å². The van der Waals surface area contributed by atoms with Gasteiger partial charge in [0.05, 0.1) is 12.1 Å². The van der Waals surface area contributed by atoms with Gasteiger partial charge in [-0.05, 0) is 101 Å². The molecule has 2 heterocycles. The third-order valence-electron chi connectivity index (χ3n) is 7.73. The molecule has 1 aromatic heterocycles. The molecule has 0 spiro atoms. The summed E-state index contributed by atoms with van der Waals surface area (Å²) in [6.07, 6.45) is 22.4. The topological polar surface area (TPSA) is 21.1 Å². The quantitative estimate of drug-likeness (QED) is 0.157. The van der Waals surface area contributed by atoms with Gasteiger partial charge in [-0.2, -0.15) is 5.10 Å². The molecule has 3 nitrogen and oxygen atoms in total. The summed E-state index contributed by atoms with van der Waals surface area (Å²) in [7, 11) is 2.20. The molecule has 4 heteroatoms. The van der Waals surface area contributed by atoms with Crippen LogP contribution in [0.1, 0.15) is 91.3 Å². The molecule has 0 aliphatic carbocycles. The second-order valence-electron chi connectivity index (χ2n) is 11.0. The van der Waals surface area contributed by atoms with Crippen molar-refractivity contribution >= 4 is 17.3 Å². The number of likely N-dealkylation sites (N-methyl/N-ethyl adjacent to an activating group) is 1. The molecule has 40 heavy (non-hydrogen) atoms. The van der Waals surface area contributed by atoms with Gasteiger partial charge >= 0.3 is 0 Å². The smallest absolute Gasteiger partial charge is 0.0541 e. The van der Waals surface area contributed by atoms with E-state index in [1.165, 1.54) is 33.6 Å². The third-order valence-corrected chi connectivity index (χ3v) is 8.02. The summed E-state index contributed by atoms with van der Waals surface area (Å²) in [5.41, 5.74) is 12.3. The van der Waals surface area contributed by atoms with Crippen LogP contribution in [0.15, 0.2) is 94.8 Å². The van der Waals surface area contributed by atoms with Gasteiger partial charge < -0.3 is 4.90 Å². The van der Waals surface area contributed by atoms with Crippen molar-refractivity contribution in [2.75, 3.05) is 20.1 Å². The SMILES string of the molecule is C=C(/C=C\C=C(/C)n1ncc(CCl)c1CCC)C(=C)/C(CCC(=C/C)/C=C(/C)C1=CCCN(C)C1)=C(/C)CCC. The van der Waals surface area contributed by atoms with Crippen molar-refractivity contribution in [2.24, 2.45) is 0 Å². The molecule has 0 saturated heterocycles. The van der Waals surface area contributed by atoms with Gasteiger partial charge in [0, 0.05) is 30.0 Å². The van der Waals surface area contributed by atoms with E-state index in [0.29, 0.717) is 5.88 Å². The van der Waals surface area contributed by atoms with E-state index < -0.39 is 0 Å². The molecule has 1 aliphatic heterocycles. The molecule has 0 bridgehead atoms. The Kier molecular flexibility index (Phi) is 14.5. The minimum Gasteiger partial charge on any atom is -0.302 e. The molecule has 0 radical (unpaired) electrons. The van der Waals surface area contributed by atoms with Gasteiger partial charge in [0.2, 0.25) is 0 Å². The van der Waals surface area contributed by atoms with Crippen LogP contribution in [0.4, 0.5) is 0 Å². The second-order valence-corrected chi connectivity index (χ2v) is 11.3. The van der Waals surface area contributed by atoms with Crippen LogP contribution in [0.2, 0.25) is 0 Å². The molecular weight excluding hydrogens is 510 g/mol. The average molecular weight is 562 g/mol. The summed E-state index contributed by atoms with van der Waals surface area (Å²) in [5, 5.41) is 4.58.